The summed E-state index contributed by atoms with van der Waals surface area (Å²) in [7, 11) is 0. The van der Waals surface area contributed by atoms with Crippen LogP contribution >= 0.6 is 15.9 Å². The normalized spacial score (nSPS) is 10.9. The average Bonchev–Trinajstić information content (AvgIpc) is 2.77. The van der Waals surface area contributed by atoms with Crippen molar-refractivity contribution in [3.05, 3.63) is 52.8 Å². The van der Waals surface area contributed by atoms with Gasteiger partial charge >= 0.3 is 0 Å². The summed E-state index contributed by atoms with van der Waals surface area (Å²) in [4.78, 5) is 4.39. The van der Waals surface area contributed by atoms with Crippen LogP contribution in [0.4, 0.5) is 0 Å². The maximum Gasteiger partial charge on any atom is 0.168 e. The van der Waals surface area contributed by atoms with Crippen molar-refractivity contribution < 1.29 is 0 Å². The highest BCUT2D eigenvalue weighted by Crippen LogP contribution is 2.25. The van der Waals surface area contributed by atoms with Gasteiger partial charge in [-0.1, -0.05) is 18.2 Å². The second kappa shape index (κ2) is 3.96. The van der Waals surface area contributed by atoms with Gasteiger partial charge < -0.3 is 0 Å². The molecule has 0 saturated carbocycles. The monoisotopic (exact) mass is 287 g/mol. The van der Waals surface area contributed by atoms with Gasteiger partial charge in [-0.25, -0.2) is 9.67 Å². The number of fused-ring (bicyclic) bond motifs is 1. The van der Waals surface area contributed by atoms with E-state index in [1.54, 1.807) is 6.20 Å². The largest absolute Gasteiger partial charge is 0.236 e. The molecule has 0 atom stereocenters. The molecule has 3 nitrogen and oxygen atoms in total. The number of pyridine rings is 1. The van der Waals surface area contributed by atoms with Gasteiger partial charge in [0.2, 0.25) is 0 Å². The molecule has 0 N–H and O–H groups in total. The number of nitrogens with zero attached hydrogens (tertiary/aromatic N) is 3. The molecule has 0 aliphatic carbocycles. The molecule has 1 aromatic carbocycles. The van der Waals surface area contributed by atoms with Crippen LogP contribution in [0.25, 0.3) is 16.7 Å². The van der Waals surface area contributed by atoms with E-state index in [2.05, 4.69) is 26.0 Å². The van der Waals surface area contributed by atoms with E-state index in [9.17, 15) is 0 Å². The van der Waals surface area contributed by atoms with E-state index in [1.807, 2.05) is 48.1 Å². The van der Waals surface area contributed by atoms with Crippen LogP contribution in [0.5, 0.6) is 0 Å². The van der Waals surface area contributed by atoms with Gasteiger partial charge in [0.05, 0.1) is 16.2 Å². The van der Waals surface area contributed by atoms with Crippen LogP contribution in [0.2, 0.25) is 0 Å². The zero-order chi connectivity index (χ0) is 11.8. The number of para-hydroxylation sites is 1. The third-order valence-electron chi connectivity index (χ3n) is 2.74. The fraction of sp³-hybridized carbons (Fsp3) is 0.0769. The van der Waals surface area contributed by atoms with E-state index < -0.39 is 0 Å². The minimum Gasteiger partial charge on any atom is -0.236 e. The molecule has 3 aromatic rings. The predicted octanol–water partition coefficient (Wildman–Crippen LogP) is 3.49. The lowest BCUT2D eigenvalue weighted by Crippen LogP contribution is -2.01. The third-order valence-corrected chi connectivity index (χ3v) is 3.72. The summed E-state index contributed by atoms with van der Waals surface area (Å²) < 4.78 is 2.83. The van der Waals surface area contributed by atoms with Gasteiger partial charge in [-0.05, 0) is 40.5 Å². The van der Waals surface area contributed by atoms with E-state index in [1.165, 1.54) is 0 Å². The highest BCUT2D eigenvalue weighted by atomic mass is 79.9. The summed E-state index contributed by atoms with van der Waals surface area (Å²) in [6.45, 7) is 2.04. The number of benzene rings is 1. The third kappa shape index (κ3) is 1.65. The first-order valence-corrected chi connectivity index (χ1v) is 6.11. The number of hydrogen-bond donors (Lipinski definition) is 0. The van der Waals surface area contributed by atoms with Crippen molar-refractivity contribution in [1.82, 2.24) is 14.8 Å². The van der Waals surface area contributed by atoms with E-state index in [0.29, 0.717) is 0 Å². The second-order valence-electron chi connectivity index (χ2n) is 3.88. The van der Waals surface area contributed by atoms with Crippen molar-refractivity contribution in [3.8, 4) is 5.82 Å². The summed E-state index contributed by atoms with van der Waals surface area (Å²) in [5.74, 6) is 0.825. The van der Waals surface area contributed by atoms with Gasteiger partial charge in [0.1, 0.15) is 0 Å². The van der Waals surface area contributed by atoms with Gasteiger partial charge in [-0.2, -0.15) is 5.10 Å². The number of halogens is 1. The van der Waals surface area contributed by atoms with Crippen LogP contribution in [0, 0.1) is 6.92 Å². The van der Waals surface area contributed by atoms with Crippen LogP contribution < -0.4 is 0 Å². The van der Waals surface area contributed by atoms with Gasteiger partial charge in [-0.15, -0.1) is 0 Å². The lowest BCUT2D eigenvalue weighted by atomic mass is 10.2. The summed E-state index contributed by atoms with van der Waals surface area (Å²) in [6, 6.07) is 10.1. The Morgan fingerprint density at radius 1 is 1.18 bits per heavy atom. The van der Waals surface area contributed by atoms with Crippen molar-refractivity contribution in [1.29, 1.82) is 0 Å². The number of hydrogen-bond acceptors (Lipinski definition) is 2. The highest BCUT2D eigenvalue weighted by Gasteiger charge is 2.10. The molecule has 0 saturated heterocycles. The van der Waals surface area contributed by atoms with Crippen LogP contribution in [-0.4, -0.2) is 14.8 Å². The quantitative estimate of drug-likeness (QED) is 0.686. The van der Waals surface area contributed by atoms with Crippen molar-refractivity contribution in [2.45, 2.75) is 6.92 Å². The first kappa shape index (κ1) is 10.5. The molecule has 0 radical (unpaired) electrons. The Balaban J connectivity index is 2.31. The zero-order valence-corrected chi connectivity index (χ0v) is 10.8. The Morgan fingerprint density at radius 3 is 2.88 bits per heavy atom. The topological polar surface area (TPSA) is 30.7 Å². The lowest BCUT2D eigenvalue weighted by Gasteiger charge is -2.06. The first-order chi connectivity index (χ1) is 8.27. The maximum atomic E-state index is 4.39. The molecule has 17 heavy (non-hydrogen) atoms. The Kier molecular flexibility index (Phi) is 2.44. The first-order valence-electron chi connectivity index (χ1n) is 5.31. The molecule has 4 heteroatoms. The summed E-state index contributed by atoms with van der Waals surface area (Å²) in [5.41, 5.74) is 2.21. The molecular formula is C13H10BrN3. The minimum atomic E-state index is 0.825. The SMILES string of the molecule is Cc1ccnc(-n2ncc3ccccc32)c1Br. The van der Waals surface area contributed by atoms with Gasteiger partial charge in [0, 0.05) is 11.6 Å². The van der Waals surface area contributed by atoms with Crippen molar-refractivity contribution in [2.75, 3.05) is 0 Å². The number of aromatic nitrogens is 3. The molecule has 84 valence electrons. The number of aryl methyl sites for hydroxylation is 1. The van der Waals surface area contributed by atoms with E-state index in [0.717, 1.165) is 26.8 Å². The molecule has 3 rings (SSSR count). The van der Waals surface area contributed by atoms with Gasteiger partial charge in [0.15, 0.2) is 5.82 Å². The Labute approximate surface area is 107 Å². The molecule has 0 spiro atoms. The summed E-state index contributed by atoms with van der Waals surface area (Å²) >= 11 is 3.56. The molecule has 0 aliphatic heterocycles. The molecule has 2 aromatic heterocycles. The second-order valence-corrected chi connectivity index (χ2v) is 4.67. The van der Waals surface area contributed by atoms with E-state index >= 15 is 0 Å². The van der Waals surface area contributed by atoms with Crippen LogP contribution in [0.3, 0.4) is 0 Å². The molecule has 0 aliphatic rings. The van der Waals surface area contributed by atoms with Crippen LogP contribution in [0.1, 0.15) is 5.56 Å². The molecule has 2 heterocycles. The standard InChI is InChI=1S/C13H10BrN3/c1-9-6-7-15-13(12(9)14)17-11-5-3-2-4-10(11)8-16-17/h2-8H,1H3. The fourth-order valence-corrected chi connectivity index (χ4v) is 2.22. The maximum absolute atomic E-state index is 4.39. The van der Waals surface area contributed by atoms with Gasteiger partial charge in [0.25, 0.3) is 0 Å². The molecule has 0 bridgehead atoms. The lowest BCUT2D eigenvalue weighted by molar-refractivity contribution is 0.866. The van der Waals surface area contributed by atoms with Crippen LogP contribution in [-0.2, 0) is 0 Å². The van der Waals surface area contributed by atoms with Crippen molar-refractivity contribution >= 4 is 26.8 Å². The minimum absolute atomic E-state index is 0.825. The van der Waals surface area contributed by atoms with Gasteiger partial charge in [-0.3, -0.25) is 0 Å². The Bertz CT molecular complexity index is 688. The summed E-state index contributed by atoms with van der Waals surface area (Å²) in [5, 5.41) is 5.51. The smallest absolute Gasteiger partial charge is 0.168 e. The molecule has 0 amide bonds. The van der Waals surface area contributed by atoms with E-state index in [4.69, 9.17) is 0 Å². The average molecular weight is 288 g/mol. The van der Waals surface area contributed by atoms with Crippen LogP contribution in [0.15, 0.2) is 47.2 Å². The Hall–Kier alpha value is -1.68. The van der Waals surface area contributed by atoms with Crippen molar-refractivity contribution in [3.63, 3.8) is 0 Å². The highest BCUT2D eigenvalue weighted by molar-refractivity contribution is 9.10. The number of rotatable bonds is 1. The summed E-state index contributed by atoms with van der Waals surface area (Å²) in [6.07, 6.45) is 3.65. The Morgan fingerprint density at radius 2 is 2.00 bits per heavy atom. The van der Waals surface area contributed by atoms with Crippen molar-refractivity contribution in [2.24, 2.45) is 0 Å². The zero-order valence-electron chi connectivity index (χ0n) is 9.26. The molecule has 0 unspecified atom stereocenters. The molecule has 0 fully saturated rings. The molecular weight excluding hydrogens is 278 g/mol. The van der Waals surface area contributed by atoms with E-state index in [-0.39, 0.29) is 0 Å². The predicted molar refractivity (Wildman–Crippen MR) is 71.3 cm³/mol. The fourth-order valence-electron chi connectivity index (χ4n) is 1.81.